The number of benzene rings is 1. The molecule has 7 nitrogen and oxygen atoms in total. The van der Waals surface area contributed by atoms with Gasteiger partial charge in [0.25, 0.3) is 0 Å². The summed E-state index contributed by atoms with van der Waals surface area (Å²) >= 11 is 0. The van der Waals surface area contributed by atoms with Crippen molar-refractivity contribution in [3.05, 3.63) is 66.0 Å². The Morgan fingerprint density at radius 2 is 1.62 bits per heavy atom. The van der Waals surface area contributed by atoms with E-state index < -0.39 is 5.97 Å². The summed E-state index contributed by atoms with van der Waals surface area (Å²) in [5.41, 5.74) is 4.31. The Morgan fingerprint density at radius 1 is 1.05 bits per heavy atom. The molecule has 0 aliphatic carbocycles. The van der Waals surface area contributed by atoms with Gasteiger partial charge in [-0.05, 0) is 54.0 Å². The maximum absolute atomic E-state index is 11.0. The van der Waals surface area contributed by atoms with E-state index in [2.05, 4.69) is 38.0 Å². The molecule has 7 heteroatoms. The van der Waals surface area contributed by atoms with Crippen molar-refractivity contribution in [1.29, 1.82) is 0 Å². The van der Waals surface area contributed by atoms with Crippen LogP contribution in [-0.4, -0.2) is 40.2 Å². The number of carboxylic acids is 1. The van der Waals surface area contributed by atoms with E-state index in [-0.39, 0.29) is 18.5 Å². The summed E-state index contributed by atoms with van der Waals surface area (Å²) < 4.78 is 6.95. The minimum absolute atomic E-state index is 0.0858. The fraction of sp³-hybridized carbons (Fsp3) is 0.500. The number of aliphatic carboxylic acids is 1. The van der Waals surface area contributed by atoms with E-state index in [0.717, 1.165) is 16.7 Å². The molecule has 0 unspecified atom stereocenters. The molecule has 1 N–H and O–H groups in total. The molecule has 0 fully saturated rings. The van der Waals surface area contributed by atoms with E-state index >= 15 is 0 Å². The minimum atomic E-state index is -0.804. The van der Waals surface area contributed by atoms with Crippen molar-refractivity contribution in [2.45, 2.75) is 85.7 Å². The number of rotatable bonds is 9. The number of aryl methyl sites for hydroxylation is 2. The van der Waals surface area contributed by atoms with E-state index in [9.17, 15) is 4.79 Å². The van der Waals surface area contributed by atoms with Gasteiger partial charge in [-0.25, -0.2) is 0 Å². The maximum atomic E-state index is 11.0. The highest BCUT2D eigenvalue weighted by Gasteiger charge is 2.09. The zero-order valence-corrected chi connectivity index (χ0v) is 23.9. The molecule has 0 aliphatic heterocycles. The van der Waals surface area contributed by atoms with E-state index in [0.29, 0.717) is 6.10 Å². The van der Waals surface area contributed by atoms with Gasteiger partial charge < -0.3 is 9.84 Å². The number of aromatic nitrogens is 2. The van der Waals surface area contributed by atoms with Crippen LogP contribution in [0.1, 0.15) is 83.8 Å². The van der Waals surface area contributed by atoms with Crippen LogP contribution in [0.2, 0.25) is 0 Å². The van der Waals surface area contributed by atoms with Gasteiger partial charge in [-0.1, -0.05) is 83.9 Å². The predicted molar refractivity (Wildman–Crippen MR) is 149 cm³/mol. The number of ether oxygens (including phenoxy) is 1. The topological polar surface area (TPSA) is 98.5 Å². The molecule has 0 aliphatic rings. The van der Waals surface area contributed by atoms with Crippen LogP contribution in [0, 0.1) is 6.92 Å². The summed E-state index contributed by atoms with van der Waals surface area (Å²) in [5.74, 6) is -0.904. The van der Waals surface area contributed by atoms with Crippen molar-refractivity contribution in [2.75, 3.05) is 7.11 Å². The zero-order valence-electron chi connectivity index (χ0n) is 23.9. The average molecular weight is 515 g/mol. The monoisotopic (exact) mass is 514 g/mol. The van der Waals surface area contributed by atoms with E-state index in [1.165, 1.54) is 31.2 Å². The number of nitrogens with zero attached hydrogens (tertiary/aromatic N) is 2. The van der Waals surface area contributed by atoms with Crippen LogP contribution >= 0.6 is 0 Å². The highest BCUT2D eigenvalue weighted by Crippen LogP contribution is 2.23. The third kappa shape index (κ3) is 16.9. The number of hydrogen-bond acceptors (Lipinski definition) is 5. The molecule has 0 bridgehead atoms. The molecule has 0 saturated heterocycles. The second kappa shape index (κ2) is 23.1. The maximum Gasteiger partial charge on any atom is 0.373 e. The SMILES string of the molecule is CC.CCCC(CCC)OC.Cc1ccccc1-c1ccc([C@@H](C)CC(=O)O)cnn(C)cc1.O=C=O. The summed E-state index contributed by atoms with van der Waals surface area (Å²) in [6.07, 6.45) is 9.37. The van der Waals surface area contributed by atoms with Gasteiger partial charge in [-0.15, -0.1) is 0 Å². The lowest BCUT2D eigenvalue weighted by Gasteiger charge is -2.11. The van der Waals surface area contributed by atoms with Gasteiger partial charge in [0.1, 0.15) is 0 Å². The van der Waals surface area contributed by atoms with Gasteiger partial charge in [-0.2, -0.15) is 14.7 Å². The standard InChI is InChI=1S/C19H22N2O2.C8H18O.C2H6.CO2/c1-14-6-4-5-7-18(14)16-8-9-17(15(2)12-19(22)23)13-20-21(3)11-10-16;1-4-6-8(9-3)7-5-2;1-2;2-1-3/h4-11,13,15H,12H2,1-3H3,(H,22,23);8H,4-7H2,1-3H3;1-2H3;/t15-;;;/m0.../s1. The second-order valence-electron chi connectivity index (χ2n) is 8.25. The van der Waals surface area contributed by atoms with Gasteiger partial charge in [0, 0.05) is 20.4 Å². The summed E-state index contributed by atoms with van der Waals surface area (Å²) in [6.45, 7) is 12.4. The third-order valence-electron chi connectivity index (χ3n) is 5.37. The van der Waals surface area contributed by atoms with Gasteiger partial charge in [-0.3, -0.25) is 9.48 Å². The molecule has 1 heterocycles. The molecule has 1 atom stereocenters. The van der Waals surface area contributed by atoms with Crippen molar-refractivity contribution in [3.63, 3.8) is 0 Å². The van der Waals surface area contributed by atoms with Gasteiger partial charge >= 0.3 is 12.1 Å². The lowest BCUT2D eigenvalue weighted by atomic mass is 9.98. The molecule has 1 aromatic heterocycles. The first kappa shape index (κ1) is 35.9. The molecular weight excluding hydrogens is 468 g/mol. The quantitative estimate of drug-likeness (QED) is 0.382. The zero-order chi connectivity index (χ0) is 28.6. The summed E-state index contributed by atoms with van der Waals surface area (Å²) in [5, 5.41) is 13.3. The Bertz CT molecular complexity index is 958. The lowest BCUT2D eigenvalue weighted by molar-refractivity contribution is -0.191. The molecule has 37 heavy (non-hydrogen) atoms. The first-order valence-corrected chi connectivity index (χ1v) is 12.9. The van der Waals surface area contributed by atoms with Crippen molar-refractivity contribution >= 4 is 12.1 Å². The van der Waals surface area contributed by atoms with Gasteiger partial charge in [0.15, 0.2) is 0 Å². The van der Waals surface area contributed by atoms with Crippen molar-refractivity contribution in [2.24, 2.45) is 7.05 Å². The van der Waals surface area contributed by atoms with Crippen molar-refractivity contribution in [1.82, 2.24) is 9.78 Å². The number of methoxy groups -OCH3 is 1. The molecular formula is C30H46N2O5. The summed E-state index contributed by atoms with van der Waals surface area (Å²) in [4.78, 5) is 27.2. The highest BCUT2D eigenvalue weighted by atomic mass is 16.5. The number of carboxylic acid groups (broad SMARTS) is 1. The van der Waals surface area contributed by atoms with Crippen LogP contribution in [0.25, 0.3) is 11.1 Å². The molecule has 2 aromatic rings. The number of carbonyl (C=O) groups excluding carboxylic acids is 2. The molecule has 1 aromatic carbocycles. The van der Waals surface area contributed by atoms with E-state index in [1.807, 2.05) is 64.3 Å². The first-order chi connectivity index (χ1) is 17.7. The van der Waals surface area contributed by atoms with E-state index in [4.69, 9.17) is 19.4 Å². The molecule has 0 spiro atoms. The Kier molecular flexibility index (Phi) is 22.4. The molecule has 0 radical (unpaired) electrons. The predicted octanol–water partition coefficient (Wildman–Crippen LogP) is 7.14. The minimum Gasteiger partial charge on any atom is -0.481 e. The number of hydrogen-bond donors (Lipinski definition) is 1. The average Bonchev–Trinajstić information content (AvgIpc) is 2.96. The Labute approximate surface area is 223 Å². The Hall–Kier alpha value is -3.28. The first-order valence-electron chi connectivity index (χ1n) is 12.9. The molecule has 2 rings (SSSR count). The fourth-order valence-electron chi connectivity index (χ4n) is 3.44. The summed E-state index contributed by atoms with van der Waals surface area (Å²) in [7, 11) is 3.66. The van der Waals surface area contributed by atoms with Crippen molar-refractivity contribution < 1.29 is 24.2 Å². The van der Waals surface area contributed by atoms with E-state index in [1.54, 1.807) is 18.0 Å². The van der Waals surface area contributed by atoms with Crippen LogP contribution in [0.4, 0.5) is 0 Å². The molecule has 0 amide bonds. The smallest absolute Gasteiger partial charge is 0.373 e. The third-order valence-corrected chi connectivity index (χ3v) is 5.37. The van der Waals surface area contributed by atoms with Crippen LogP contribution in [0.3, 0.4) is 0 Å². The van der Waals surface area contributed by atoms with Gasteiger partial charge in [0.2, 0.25) is 0 Å². The number of carbonyl (C=O) groups is 1. The molecule has 206 valence electrons. The van der Waals surface area contributed by atoms with Crippen molar-refractivity contribution in [3.8, 4) is 11.1 Å². The lowest BCUT2D eigenvalue weighted by Crippen LogP contribution is -2.08. The summed E-state index contributed by atoms with van der Waals surface area (Å²) in [6, 6.07) is 14.2. The van der Waals surface area contributed by atoms with Gasteiger partial charge in [0.05, 0.1) is 18.7 Å². The van der Waals surface area contributed by atoms with Crippen LogP contribution < -0.4 is 0 Å². The Morgan fingerprint density at radius 3 is 2.11 bits per heavy atom. The highest BCUT2D eigenvalue weighted by molar-refractivity contribution is 5.68. The van der Waals surface area contributed by atoms with Crippen LogP contribution in [0.15, 0.2) is 54.9 Å². The normalized spacial score (nSPS) is 10.2. The largest absolute Gasteiger partial charge is 0.481 e. The van der Waals surface area contributed by atoms with Crippen LogP contribution in [-0.2, 0) is 26.2 Å². The Balaban J connectivity index is 0. The van der Waals surface area contributed by atoms with Crippen LogP contribution in [0.5, 0.6) is 0 Å². The second-order valence-corrected chi connectivity index (χ2v) is 8.25. The molecule has 0 saturated carbocycles. The fourth-order valence-corrected chi connectivity index (χ4v) is 3.44.